The minimum atomic E-state index is -4.38. The molecule has 0 spiro atoms. The van der Waals surface area contributed by atoms with E-state index in [-0.39, 0.29) is 0 Å². The largest absolute Gasteiger partial charge is 0.433 e. The number of halogens is 3. The Morgan fingerprint density at radius 1 is 1.31 bits per heavy atom. The van der Waals surface area contributed by atoms with Crippen LogP contribution in [-0.4, -0.2) is 4.98 Å². The van der Waals surface area contributed by atoms with Crippen LogP contribution in [0.1, 0.15) is 18.2 Å². The normalized spacial score (nSPS) is 10.5. The summed E-state index contributed by atoms with van der Waals surface area (Å²) in [4.78, 5) is 3.24. The third kappa shape index (κ3) is 2.48. The van der Waals surface area contributed by atoms with Gasteiger partial charge in [0.05, 0.1) is 0 Å². The highest BCUT2D eigenvalue weighted by atomic mass is 19.4. The molecule has 13 heavy (non-hydrogen) atoms. The highest BCUT2D eigenvalue weighted by Crippen LogP contribution is 2.26. The molecule has 0 bridgehead atoms. The molecule has 0 aliphatic rings. The first-order valence-electron chi connectivity index (χ1n) is 3.50. The van der Waals surface area contributed by atoms with E-state index in [1.54, 1.807) is 6.92 Å². The zero-order valence-electron chi connectivity index (χ0n) is 6.81. The van der Waals surface area contributed by atoms with Gasteiger partial charge in [-0.1, -0.05) is 5.92 Å². The summed E-state index contributed by atoms with van der Waals surface area (Å²) in [5.74, 6) is 5.18. The van der Waals surface area contributed by atoms with E-state index in [0.717, 1.165) is 12.3 Å². The SMILES string of the molecule is CC#Cc1ccc(C(F)(F)F)nc1. The van der Waals surface area contributed by atoms with E-state index >= 15 is 0 Å². The van der Waals surface area contributed by atoms with Crippen molar-refractivity contribution in [1.29, 1.82) is 0 Å². The third-order valence-corrected chi connectivity index (χ3v) is 1.32. The van der Waals surface area contributed by atoms with E-state index in [9.17, 15) is 13.2 Å². The summed E-state index contributed by atoms with van der Waals surface area (Å²) in [6, 6.07) is 2.21. The molecule has 0 amide bonds. The standard InChI is InChI=1S/C9H6F3N/c1-2-3-7-4-5-8(13-6-7)9(10,11)12/h4-6H,1H3. The molecule has 0 saturated carbocycles. The molecule has 1 heterocycles. The molecule has 0 radical (unpaired) electrons. The zero-order chi connectivity index (χ0) is 9.90. The number of rotatable bonds is 0. The molecular formula is C9H6F3N. The second kappa shape index (κ2) is 3.48. The van der Waals surface area contributed by atoms with Crippen LogP contribution in [0.25, 0.3) is 0 Å². The molecule has 0 aliphatic heterocycles. The number of alkyl halides is 3. The van der Waals surface area contributed by atoms with Crippen LogP contribution in [0.5, 0.6) is 0 Å². The Labute approximate surface area is 73.6 Å². The summed E-state index contributed by atoms with van der Waals surface area (Å²) in [7, 11) is 0. The molecule has 0 aliphatic carbocycles. The van der Waals surface area contributed by atoms with Crippen LogP contribution >= 0.6 is 0 Å². The summed E-state index contributed by atoms with van der Waals surface area (Å²) in [5.41, 5.74) is -0.412. The summed E-state index contributed by atoms with van der Waals surface area (Å²) in [6.45, 7) is 1.61. The molecule has 1 rings (SSSR count). The Bertz CT molecular complexity index is 340. The van der Waals surface area contributed by atoms with Crippen molar-refractivity contribution in [3.05, 3.63) is 29.6 Å². The van der Waals surface area contributed by atoms with Crippen LogP contribution in [-0.2, 0) is 6.18 Å². The molecule has 4 heteroatoms. The van der Waals surface area contributed by atoms with E-state index in [2.05, 4.69) is 16.8 Å². The molecule has 0 aromatic carbocycles. The van der Waals surface area contributed by atoms with Crippen molar-refractivity contribution in [2.45, 2.75) is 13.1 Å². The third-order valence-electron chi connectivity index (χ3n) is 1.32. The minimum absolute atomic E-state index is 0.482. The lowest BCUT2D eigenvalue weighted by Gasteiger charge is -2.03. The molecule has 0 atom stereocenters. The lowest BCUT2D eigenvalue weighted by atomic mass is 10.2. The van der Waals surface area contributed by atoms with Gasteiger partial charge in [0, 0.05) is 11.8 Å². The number of hydrogen-bond donors (Lipinski definition) is 0. The van der Waals surface area contributed by atoms with E-state index in [1.807, 2.05) is 0 Å². The first-order chi connectivity index (χ1) is 6.04. The van der Waals surface area contributed by atoms with Gasteiger partial charge in [-0.05, 0) is 19.1 Å². The smallest absolute Gasteiger partial charge is 0.250 e. The maximum atomic E-state index is 12.0. The summed E-state index contributed by atoms with van der Waals surface area (Å²) < 4.78 is 36.0. The van der Waals surface area contributed by atoms with Crippen molar-refractivity contribution in [2.75, 3.05) is 0 Å². The lowest BCUT2D eigenvalue weighted by molar-refractivity contribution is -0.141. The van der Waals surface area contributed by atoms with E-state index in [0.29, 0.717) is 5.56 Å². The van der Waals surface area contributed by atoms with E-state index in [4.69, 9.17) is 0 Å². The van der Waals surface area contributed by atoms with E-state index in [1.165, 1.54) is 6.07 Å². The van der Waals surface area contributed by atoms with Gasteiger partial charge in [0.15, 0.2) is 0 Å². The fourth-order valence-electron chi connectivity index (χ4n) is 0.780. The molecular weight excluding hydrogens is 179 g/mol. The predicted octanol–water partition coefficient (Wildman–Crippen LogP) is 2.47. The molecule has 68 valence electrons. The van der Waals surface area contributed by atoms with Crippen LogP contribution in [0.2, 0.25) is 0 Å². The van der Waals surface area contributed by atoms with Crippen molar-refractivity contribution in [3.63, 3.8) is 0 Å². The van der Waals surface area contributed by atoms with Crippen LogP contribution in [0, 0.1) is 11.8 Å². The second-order valence-electron chi connectivity index (χ2n) is 2.30. The predicted molar refractivity (Wildman–Crippen MR) is 41.8 cm³/mol. The average molecular weight is 185 g/mol. The van der Waals surface area contributed by atoms with Crippen LogP contribution in [0.4, 0.5) is 13.2 Å². The minimum Gasteiger partial charge on any atom is -0.250 e. The average Bonchev–Trinajstić information content (AvgIpc) is 2.04. The fourth-order valence-corrected chi connectivity index (χ4v) is 0.780. The first kappa shape index (κ1) is 9.59. The van der Waals surface area contributed by atoms with Crippen LogP contribution in [0.15, 0.2) is 18.3 Å². The monoisotopic (exact) mass is 185 g/mol. The molecule has 0 N–H and O–H groups in total. The maximum Gasteiger partial charge on any atom is 0.433 e. The van der Waals surface area contributed by atoms with Crippen molar-refractivity contribution in [2.24, 2.45) is 0 Å². The van der Waals surface area contributed by atoms with E-state index < -0.39 is 11.9 Å². The van der Waals surface area contributed by atoms with Crippen molar-refractivity contribution >= 4 is 0 Å². The quantitative estimate of drug-likeness (QED) is 0.566. The van der Waals surface area contributed by atoms with Gasteiger partial charge in [-0.15, -0.1) is 5.92 Å². The van der Waals surface area contributed by atoms with Gasteiger partial charge in [0.2, 0.25) is 0 Å². The van der Waals surface area contributed by atoms with Gasteiger partial charge < -0.3 is 0 Å². The number of aromatic nitrogens is 1. The lowest BCUT2D eigenvalue weighted by Crippen LogP contribution is -2.07. The van der Waals surface area contributed by atoms with Crippen molar-refractivity contribution < 1.29 is 13.2 Å². The molecule has 1 aromatic heterocycles. The number of hydrogen-bond acceptors (Lipinski definition) is 1. The molecule has 1 nitrogen and oxygen atoms in total. The Hall–Kier alpha value is -1.50. The maximum absolute atomic E-state index is 12.0. The fraction of sp³-hybridized carbons (Fsp3) is 0.222. The summed E-state index contributed by atoms with van der Waals surface area (Å²) >= 11 is 0. The van der Waals surface area contributed by atoms with Gasteiger partial charge in [-0.25, -0.2) is 0 Å². The molecule has 0 fully saturated rings. The van der Waals surface area contributed by atoms with Crippen LogP contribution < -0.4 is 0 Å². The Morgan fingerprint density at radius 3 is 2.38 bits per heavy atom. The van der Waals surface area contributed by atoms with Gasteiger partial charge >= 0.3 is 6.18 Å². The van der Waals surface area contributed by atoms with Gasteiger partial charge in [0.25, 0.3) is 0 Å². The van der Waals surface area contributed by atoms with Crippen molar-refractivity contribution in [3.8, 4) is 11.8 Å². The van der Waals surface area contributed by atoms with Gasteiger partial charge in [-0.2, -0.15) is 13.2 Å². The number of pyridine rings is 1. The highest BCUT2D eigenvalue weighted by molar-refractivity contribution is 5.32. The summed E-state index contributed by atoms with van der Waals surface area (Å²) in [5, 5.41) is 0. The number of nitrogens with zero attached hydrogens (tertiary/aromatic N) is 1. The van der Waals surface area contributed by atoms with Crippen molar-refractivity contribution in [1.82, 2.24) is 4.98 Å². The molecule has 0 saturated heterocycles. The second-order valence-corrected chi connectivity index (χ2v) is 2.30. The van der Waals surface area contributed by atoms with Gasteiger partial charge in [-0.3, -0.25) is 4.98 Å². The molecule has 0 unspecified atom stereocenters. The Morgan fingerprint density at radius 2 is 2.00 bits per heavy atom. The zero-order valence-corrected chi connectivity index (χ0v) is 6.81. The molecule has 1 aromatic rings. The first-order valence-corrected chi connectivity index (χ1v) is 3.50. The van der Waals surface area contributed by atoms with Gasteiger partial charge in [0.1, 0.15) is 5.69 Å². The Balaban J connectivity index is 2.98. The topological polar surface area (TPSA) is 12.9 Å². The Kier molecular flexibility index (Phi) is 2.57. The van der Waals surface area contributed by atoms with Crippen LogP contribution in [0.3, 0.4) is 0 Å². The highest BCUT2D eigenvalue weighted by Gasteiger charge is 2.31. The summed E-state index contributed by atoms with van der Waals surface area (Å²) in [6.07, 6.45) is -3.27.